The predicted molar refractivity (Wildman–Crippen MR) is 117 cm³/mol. The van der Waals surface area contributed by atoms with Crippen LogP contribution in [0, 0.1) is 12.7 Å². The van der Waals surface area contributed by atoms with Crippen molar-refractivity contribution in [3.63, 3.8) is 0 Å². The quantitative estimate of drug-likeness (QED) is 0.415. The Morgan fingerprint density at radius 1 is 1.23 bits per heavy atom. The van der Waals surface area contributed by atoms with Gasteiger partial charge in [0.05, 0.1) is 29.3 Å². The van der Waals surface area contributed by atoms with E-state index >= 15 is 0 Å². The third-order valence-corrected chi connectivity index (χ3v) is 5.44. The van der Waals surface area contributed by atoms with Gasteiger partial charge in [0.15, 0.2) is 0 Å². The van der Waals surface area contributed by atoms with Gasteiger partial charge in [0.2, 0.25) is 0 Å². The van der Waals surface area contributed by atoms with Gasteiger partial charge in [0, 0.05) is 13.1 Å². The Balaban J connectivity index is 2.23. The second kappa shape index (κ2) is 9.08. The average Bonchev–Trinajstić information content (AvgIpc) is 2.96. The molecule has 0 aromatic heterocycles. The van der Waals surface area contributed by atoms with E-state index < -0.39 is 23.5 Å². The summed E-state index contributed by atoms with van der Waals surface area (Å²) in [6.45, 7) is 2.54. The van der Waals surface area contributed by atoms with E-state index in [1.165, 1.54) is 36.3 Å². The SMILES string of the molecule is COc1c(Cl)cc(C)cc1/C(O)=C1\C(=O)C(=O)N(CCN(C)C)C1c1ccc(F)cc1. The number of carbonyl (C=O) groups is 2. The van der Waals surface area contributed by atoms with Crippen LogP contribution in [-0.2, 0) is 9.59 Å². The molecule has 0 saturated carbocycles. The lowest BCUT2D eigenvalue weighted by molar-refractivity contribution is -0.140. The van der Waals surface area contributed by atoms with Crippen LogP contribution in [0.15, 0.2) is 42.0 Å². The van der Waals surface area contributed by atoms with Crippen molar-refractivity contribution in [1.82, 2.24) is 9.80 Å². The molecular weight excluding hydrogens is 423 g/mol. The number of nitrogens with zero attached hydrogens (tertiary/aromatic N) is 2. The molecule has 2 aromatic rings. The Bertz CT molecular complexity index is 1050. The molecule has 8 heteroatoms. The monoisotopic (exact) mass is 446 g/mol. The van der Waals surface area contributed by atoms with Crippen LogP contribution in [0.25, 0.3) is 5.76 Å². The molecule has 1 N–H and O–H groups in total. The minimum Gasteiger partial charge on any atom is -0.507 e. The number of rotatable bonds is 6. The van der Waals surface area contributed by atoms with Crippen molar-refractivity contribution >= 4 is 29.1 Å². The minimum absolute atomic E-state index is 0.0877. The molecular formula is C23H24ClFN2O4. The molecule has 1 saturated heterocycles. The van der Waals surface area contributed by atoms with Gasteiger partial charge in [0.1, 0.15) is 17.3 Å². The first kappa shape index (κ1) is 22.8. The van der Waals surface area contributed by atoms with E-state index in [4.69, 9.17) is 16.3 Å². The van der Waals surface area contributed by atoms with Crippen LogP contribution < -0.4 is 4.74 Å². The highest BCUT2D eigenvalue weighted by atomic mass is 35.5. The fourth-order valence-electron chi connectivity index (χ4n) is 3.67. The topological polar surface area (TPSA) is 70.1 Å². The standard InChI is InChI=1S/C23H24ClFN2O4/c1-13-11-16(22(31-4)17(24)12-13)20(28)18-19(14-5-7-15(25)8-6-14)27(10-9-26(2)3)23(30)21(18)29/h5-8,11-12,19,28H,9-10H2,1-4H3/b20-18+. The van der Waals surface area contributed by atoms with Gasteiger partial charge in [-0.2, -0.15) is 0 Å². The Kier molecular flexibility index (Phi) is 6.67. The molecule has 1 aliphatic rings. The number of hydrogen-bond donors (Lipinski definition) is 1. The molecule has 1 fully saturated rings. The number of methoxy groups -OCH3 is 1. The first-order valence-corrected chi connectivity index (χ1v) is 10.1. The highest BCUT2D eigenvalue weighted by Gasteiger charge is 2.46. The molecule has 0 bridgehead atoms. The number of aliphatic hydroxyl groups excluding tert-OH is 1. The second-order valence-electron chi connectivity index (χ2n) is 7.67. The number of benzene rings is 2. The molecule has 1 heterocycles. The summed E-state index contributed by atoms with van der Waals surface area (Å²) in [6.07, 6.45) is 0. The molecule has 0 spiro atoms. The van der Waals surface area contributed by atoms with Crippen LogP contribution in [0.1, 0.15) is 22.7 Å². The van der Waals surface area contributed by atoms with Gasteiger partial charge in [-0.3, -0.25) is 9.59 Å². The van der Waals surface area contributed by atoms with Crippen molar-refractivity contribution in [2.75, 3.05) is 34.3 Å². The van der Waals surface area contributed by atoms with Gasteiger partial charge >= 0.3 is 0 Å². The van der Waals surface area contributed by atoms with Gasteiger partial charge in [-0.05, 0) is 56.4 Å². The first-order chi connectivity index (χ1) is 14.6. The van der Waals surface area contributed by atoms with Crippen LogP contribution in [0.5, 0.6) is 5.75 Å². The Morgan fingerprint density at radius 3 is 2.45 bits per heavy atom. The number of aliphatic hydroxyl groups is 1. The zero-order valence-electron chi connectivity index (χ0n) is 17.8. The summed E-state index contributed by atoms with van der Waals surface area (Å²) in [6, 6.07) is 7.95. The highest BCUT2D eigenvalue weighted by molar-refractivity contribution is 6.46. The molecule has 164 valence electrons. The van der Waals surface area contributed by atoms with Crippen molar-refractivity contribution < 1.29 is 23.8 Å². The zero-order valence-corrected chi connectivity index (χ0v) is 18.5. The smallest absolute Gasteiger partial charge is 0.295 e. The lowest BCUT2D eigenvalue weighted by Crippen LogP contribution is -2.35. The van der Waals surface area contributed by atoms with E-state index in [-0.39, 0.29) is 34.2 Å². The zero-order chi connectivity index (χ0) is 22.9. The van der Waals surface area contributed by atoms with Crippen molar-refractivity contribution in [2.45, 2.75) is 13.0 Å². The third kappa shape index (κ3) is 4.43. The van der Waals surface area contributed by atoms with Gasteiger partial charge < -0.3 is 19.6 Å². The highest BCUT2D eigenvalue weighted by Crippen LogP contribution is 2.42. The molecule has 0 aliphatic carbocycles. The first-order valence-electron chi connectivity index (χ1n) is 9.68. The van der Waals surface area contributed by atoms with E-state index in [1.54, 1.807) is 19.1 Å². The Hall–Kier alpha value is -2.90. The van der Waals surface area contributed by atoms with Gasteiger partial charge in [-0.1, -0.05) is 23.7 Å². The van der Waals surface area contributed by atoms with Crippen molar-refractivity contribution in [3.05, 3.63) is 69.5 Å². The molecule has 1 aliphatic heterocycles. The van der Waals surface area contributed by atoms with Crippen molar-refractivity contribution in [2.24, 2.45) is 0 Å². The summed E-state index contributed by atoms with van der Waals surface area (Å²) in [5.41, 5.74) is 1.38. The summed E-state index contributed by atoms with van der Waals surface area (Å²) < 4.78 is 18.9. The molecule has 6 nitrogen and oxygen atoms in total. The Labute approximate surface area is 185 Å². The number of amides is 1. The van der Waals surface area contributed by atoms with E-state index in [2.05, 4.69) is 0 Å². The number of ketones is 1. The summed E-state index contributed by atoms with van der Waals surface area (Å²) in [4.78, 5) is 29.2. The van der Waals surface area contributed by atoms with E-state index in [0.717, 1.165) is 5.56 Å². The maximum atomic E-state index is 13.5. The normalized spacial score (nSPS) is 18.2. The van der Waals surface area contributed by atoms with Crippen molar-refractivity contribution in [1.29, 1.82) is 0 Å². The lowest BCUT2D eigenvalue weighted by atomic mass is 9.94. The average molecular weight is 447 g/mol. The van der Waals surface area contributed by atoms with Crippen LogP contribution >= 0.6 is 11.6 Å². The maximum absolute atomic E-state index is 13.5. The van der Waals surface area contributed by atoms with E-state index in [0.29, 0.717) is 12.1 Å². The van der Waals surface area contributed by atoms with Gasteiger partial charge in [-0.25, -0.2) is 4.39 Å². The van der Waals surface area contributed by atoms with Gasteiger partial charge in [-0.15, -0.1) is 0 Å². The number of ether oxygens (including phenoxy) is 1. The summed E-state index contributed by atoms with van der Waals surface area (Å²) in [7, 11) is 5.10. The fraction of sp³-hybridized carbons (Fsp3) is 0.304. The van der Waals surface area contributed by atoms with Crippen molar-refractivity contribution in [3.8, 4) is 5.75 Å². The molecule has 3 rings (SSSR count). The number of likely N-dealkylation sites (tertiary alicyclic amines) is 1. The molecule has 31 heavy (non-hydrogen) atoms. The van der Waals surface area contributed by atoms with Crippen LogP contribution in [0.4, 0.5) is 4.39 Å². The van der Waals surface area contributed by atoms with Crippen LogP contribution in [0.2, 0.25) is 5.02 Å². The van der Waals surface area contributed by atoms with E-state index in [9.17, 15) is 19.1 Å². The fourth-order valence-corrected chi connectivity index (χ4v) is 4.02. The number of halogens is 2. The minimum atomic E-state index is -0.871. The van der Waals surface area contributed by atoms with E-state index in [1.807, 2.05) is 19.0 Å². The maximum Gasteiger partial charge on any atom is 0.295 e. The summed E-state index contributed by atoms with van der Waals surface area (Å²) in [5.74, 6) is -2.17. The molecule has 1 unspecified atom stereocenters. The summed E-state index contributed by atoms with van der Waals surface area (Å²) >= 11 is 6.27. The van der Waals surface area contributed by atoms with Crippen LogP contribution in [-0.4, -0.2) is 60.9 Å². The predicted octanol–water partition coefficient (Wildman–Crippen LogP) is 3.78. The number of likely N-dealkylation sites (N-methyl/N-ethyl adjacent to an activating group) is 1. The molecule has 2 aromatic carbocycles. The Morgan fingerprint density at radius 2 is 1.87 bits per heavy atom. The largest absolute Gasteiger partial charge is 0.507 e. The molecule has 1 amide bonds. The molecule has 1 atom stereocenters. The molecule has 0 radical (unpaired) electrons. The number of aryl methyl sites for hydroxylation is 1. The number of carbonyl (C=O) groups excluding carboxylic acids is 2. The number of hydrogen-bond acceptors (Lipinski definition) is 5. The second-order valence-corrected chi connectivity index (χ2v) is 8.08. The van der Waals surface area contributed by atoms with Gasteiger partial charge in [0.25, 0.3) is 11.7 Å². The third-order valence-electron chi connectivity index (χ3n) is 5.16. The van der Waals surface area contributed by atoms with Crippen LogP contribution in [0.3, 0.4) is 0 Å². The summed E-state index contributed by atoms with van der Waals surface area (Å²) in [5, 5.41) is 11.5. The number of Topliss-reactive ketones (excluding diaryl/α,β-unsaturated/α-hetero) is 1. The lowest BCUT2D eigenvalue weighted by Gasteiger charge is -2.26.